The van der Waals surface area contributed by atoms with Crippen LogP contribution in [0.5, 0.6) is 0 Å². The van der Waals surface area contributed by atoms with Gasteiger partial charge in [-0.1, -0.05) is 23.7 Å². The molecule has 1 N–H and O–H groups in total. The summed E-state index contributed by atoms with van der Waals surface area (Å²) in [5.74, 6) is -0.00532. The number of carbonyl (C=O) groups is 3. The molecular formula is C29H40Cl3N5O3. The van der Waals surface area contributed by atoms with E-state index >= 15 is 0 Å². The van der Waals surface area contributed by atoms with E-state index in [1.54, 1.807) is 35.9 Å². The largest absolute Gasteiger partial charge is 0.339 e. The summed E-state index contributed by atoms with van der Waals surface area (Å²) in [5, 5.41) is 3.67. The molecule has 0 bridgehead atoms. The van der Waals surface area contributed by atoms with Gasteiger partial charge < -0.3 is 15.1 Å². The predicted octanol–water partition coefficient (Wildman–Crippen LogP) is 5.27. The van der Waals surface area contributed by atoms with Gasteiger partial charge in [0, 0.05) is 61.5 Å². The van der Waals surface area contributed by atoms with Gasteiger partial charge in [0.2, 0.25) is 11.8 Å². The van der Waals surface area contributed by atoms with E-state index in [0.29, 0.717) is 29.9 Å². The highest BCUT2D eigenvalue weighted by atomic mass is 35.5. The number of amides is 3. The van der Waals surface area contributed by atoms with Gasteiger partial charge in [0.15, 0.2) is 0 Å². The lowest BCUT2D eigenvalue weighted by Gasteiger charge is -2.39. The maximum Gasteiger partial charge on any atom is 0.254 e. The number of halogens is 3. The van der Waals surface area contributed by atoms with Crippen LogP contribution in [0.15, 0.2) is 30.3 Å². The molecule has 2 aliphatic rings. The molecule has 4 rings (SSSR count). The monoisotopic (exact) mass is 611 g/mol. The van der Waals surface area contributed by atoms with Crippen LogP contribution in [0.25, 0.3) is 0 Å². The van der Waals surface area contributed by atoms with E-state index in [2.05, 4.69) is 27.3 Å². The number of likely N-dealkylation sites (tertiary alicyclic amines) is 2. The number of benzene rings is 1. The zero-order valence-electron chi connectivity index (χ0n) is 23.8. The van der Waals surface area contributed by atoms with Gasteiger partial charge in [0.05, 0.1) is 0 Å². The fourth-order valence-electron chi connectivity index (χ4n) is 5.34. The second-order valence-corrected chi connectivity index (χ2v) is 11.2. The molecule has 1 atom stereocenters. The summed E-state index contributed by atoms with van der Waals surface area (Å²) in [6, 6.07) is 9.02. The van der Waals surface area contributed by atoms with E-state index in [9.17, 15) is 14.4 Å². The molecule has 2 fully saturated rings. The van der Waals surface area contributed by atoms with Crippen molar-refractivity contribution in [2.24, 2.45) is 0 Å². The summed E-state index contributed by atoms with van der Waals surface area (Å²) in [7, 11) is 1.75. The Kier molecular flexibility index (Phi) is 12.2. The van der Waals surface area contributed by atoms with E-state index in [4.69, 9.17) is 11.6 Å². The first-order chi connectivity index (χ1) is 18.0. The second-order valence-electron chi connectivity index (χ2n) is 10.8. The van der Waals surface area contributed by atoms with Crippen LogP contribution in [0.3, 0.4) is 0 Å². The first-order valence-corrected chi connectivity index (χ1v) is 13.8. The van der Waals surface area contributed by atoms with Gasteiger partial charge >= 0.3 is 0 Å². The van der Waals surface area contributed by atoms with Crippen LogP contribution >= 0.6 is 36.4 Å². The SMILES string of the molecule is Cc1cc(C(=O)N(C)C(C)C)cc(NC(=O)[C@H]2CCC(=O)N2C2CCN(Cc3ccc(Cl)c(C)c3)CC2)n1.Cl.Cl. The topological polar surface area (TPSA) is 85.8 Å². The minimum absolute atomic E-state index is 0. The number of aryl methyl sites for hydroxylation is 2. The zero-order chi connectivity index (χ0) is 27.6. The van der Waals surface area contributed by atoms with Gasteiger partial charge in [-0.2, -0.15) is 0 Å². The summed E-state index contributed by atoms with van der Waals surface area (Å²) in [6.07, 6.45) is 2.51. The lowest BCUT2D eigenvalue weighted by atomic mass is 10.0. The van der Waals surface area contributed by atoms with Crippen LogP contribution in [0.1, 0.15) is 66.7 Å². The van der Waals surface area contributed by atoms with Crippen molar-refractivity contribution >= 4 is 60.0 Å². The number of hydrogen-bond acceptors (Lipinski definition) is 5. The lowest BCUT2D eigenvalue weighted by Crippen LogP contribution is -2.51. The Labute approximate surface area is 254 Å². The summed E-state index contributed by atoms with van der Waals surface area (Å²) in [4.78, 5) is 49.3. The van der Waals surface area contributed by atoms with Crippen molar-refractivity contribution in [3.05, 3.63) is 57.7 Å². The normalized spacial score (nSPS) is 17.8. The van der Waals surface area contributed by atoms with E-state index in [0.717, 1.165) is 43.1 Å². The van der Waals surface area contributed by atoms with E-state index < -0.39 is 6.04 Å². The van der Waals surface area contributed by atoms with Crippen LogP contribution in [-0.2, 0) is 16.1 Å². The number of pyridine rings is 1. The molecule has 1 aromatic carbocycles. The van der Waals surface area contributed by atoms with Gasteiger partial charge in [-0.05, 0) is 76.3 Å². The smallest absolute Gasteiger partial charge is 0.254 e. The maximum atomic E-state index is 13.4. The molecule has 40 heavy (non-hydrogen) atoms. The standard InChI is InChI=1S/C29H38ClN5O3.2ClH/c1-18(2)33(5)29(38)22-15-20(4)31-26(16-22)32-28(37)25-8-9-27(36)35(25)23-10-12-34(13-11-23)17-21-6-7-24(30)19(3)14-21;;/h6-7,14-16,18,23,25H,8-13,17H2,1-5H3,(H,31,32,37);2*1H/t25-;;/m1../s1. The fraction of sp³-hybridized carbons (Fsp3) is 0.517. The predicted molar refractivity (Wildman–Crippen MR) is 164 cm³/mol. The van der Waals surface area contributed by atoms with Crippen LogP contribution in [0.2, 0.25) is 5.02 Å². The molecule has 2 saturated heterocycles. The minimum atomic E-state index is -0.530. The van der Waals surface area contributed by atoms with Gasteiger partial charge in [0.25, 0.3) is 5.91 Å². The summed E-state index contributed by atoms with van der Waals surface area (Å²) < 4.78 is 0. The Bertz CT molecular complexity index is 1220. The number of aromatic nitrogens is 1. The minimum Gasteiger partial charge on any atom is -0.339 e. The molecule has 0 saturated carbocycles. The van der Waals surface area contributed by atoms with Crippen molar-refractivity contribution in [2.75, 3.05) is 25.5 Å². The number of nitrogens with one attached hydrogen (secondary N) is 1. The Balaban J connectivity index is 0.00000280. The zero-order valence-corrected chi connectivity index (χ0v) is 26.2. The van der Waals surface area contributed by atoms with Gasteiger partial charge in [-0.3, -0.25) is 19.3 Å². The molecule has 8 nitrogen and oxygen atoms in total. The molecule has 0 radical (unpaired) electrons. The number of carbonyl (C=O) groups excluding carboxylic acids is 3. The molecule has 11 heteroatoms. The van der Waals surface area contributed by atoms with Crippen molar-refractivity contribution < 1.29 is 14.4 Å². The fourth-order valence-corrected chi connectivity index (χ4v) is 5.46. The number of nitrogens with zero attached hydrogens (tertiary/aromatic N) is 4. The average Bonchev–Trinajstić information content (AvgIpc) is 3.26. The van der Waals surface area contributed by atoms with Crippen LogP contribution in [0, 0.1) is 13.8 Å². The van der Waals surface area contributed by atoms with Crippen molar-refractivity contribution in [3.63, 3.8) is 0 Å². The summed E-state index contributed by atoms with van der Waals surface area (Å²) in [6.45, 7) is 10.3. The number of hydrogen-bond donors (Lipinski definition) is 1. The Morgan fingerprint density at radius 2 is 1.77 bits per heavy atom. The molecule has 0 unspecified atom stereocenters. The maximum absolute atomic E-state index is 13.4. The van der Waals surface area contributed by atoms with E-state index in [1.807, 2.05) is 26.8 Å². The molecule has 1 aromatic heterocycles. The van der Waals surface area contributed by atoms with Crippen molar-refractivity contribution in [1.82, 2.24) is 19.7 Å². The number of anilines is 1. The molecule has 2 aromatic rings. The molecule has 2 aliphatic heterocycles. The third-order valence-corrected chi connectivity index (χ3v) is 8.11. The highest BCUT2D eigenvalue weighted by molar-refractivity contribution is 6.31. The molecule has 0 aliphatic carbocycles. The summed E-state index contributed by atoms with van der Waals surface area (Å²) in [5.41, 5.74) is 3.42. The molecule has 0 spiro atoms. The van der Waals surface area contributed by atoms with E-state index in [-0.39, 0.29) is 54.6 Å². The van der Waals surface area contributed by atoms with Gasteiger partial charge in [-0.25, -0.2) is 4.98 Å². The first-order valence-electron chi connectivity index (χ1n) is 13.4. The highest BCUT2D eigenvalue weighted by Crippen LogP contribution is 2.29. The van der Waals surface area contributed by atoms with E-state index in [1.165, 1.54) is 5.56 Å². The number of rotatable bonds is 7. The van der Waals surface area contributed by atoms with Crippen molar-refractivity contribution in [1.29, 1.82) is 0 Å². The number of piperidine rings is 1. The Hall–Kier alpha value is -2.39. The Morgan fingerprint density at radius 3 is 2.40 bits per heavy atom. The van der Waals surface area contributed by atoms with Crippen molar-refractivity contribution in [2.45, 2.75) is 78.0 Å². The van der Waals surface area contributed by atoms with Crippen LogP contribution in [0.4, 0.5) is 5.82 Å². The first kappa shape index (κ1) is 33.8. The third-order valence-electron chi connectivity index (χ3n) is 7.68. The Morgan fingerprint density at radius 1 is 1.10 bits per heavy atom. The van der Waals surface area contributed by atoms with Crippen LogP contribution in [-0.4, -0.2) is 75.7 Å². The molecule has 3 heterocycles. The third kappa shape index (κ3) is 7.87. The average molecular weight is 613 g/mol. The van der Waals surface area contributed by atoms with Crippen LogP contribution < -0.4 is 5.32 Å². The molecule has 3 amide bonds. The van der Waals surface area contributed by atoms with Gasteiger partial charge in [-0.15, -0.1) is 24.8 Å². The molecule has 220 valence electrons. The highest BCUT2D eigenvalue weighted by Gasteiger charge is 2.41. The molecular weight excluding hydrogens is 573 g/mol. The summed E-state index contributed by atoms with van der Waals surface area (Å²) >= 11 is 6.17. The quantitative estimate of drug-likeness (QED) is 0.461. The lowest BCUT2D eigenvalue weighted by molar-refractivity contribution is -0.136. The second kappa shape index (κ2) is 14.5. The van der Waals surface area contributed by atoms with Crippen molar-refractivity contribution in [3.8, 4) is 0 Å². The van der Waals surface area contributed by atoms with Gasteiger partial charge in [0.1, 0.15) is 11.9 Å².